The fourth-order valence-corrected chi connectivity index (χ4v) is 2.14. The zero-order valence-corrected chi connectivity index (χ0v) is 6.14. The van der Waals surface area contributed by atoms with Gasteiger partial charge >= 0.3 is 0 Å². The van der Waals surface area contributed by atoms with Gasteiger partial charge < -0.3 is 5.32 Å². The van der Waals surface area contributed by atoms with Gasteiger partial charge in [-0.2, -0.15) is 0 Å². The van der Waals surface area contributed by atoms with Gasteiger partial charge in [-0.25, -0.2) is 0 Å². The Kier molecular flexibility index (Phi) is 1.26. The molecule has 2 rings (SSSR count). The Morgan fingerprint density at radius 3 is 2.67 bits per heavy atom. The van der Waals surface area contributed by atoms with E-state index in [9.17, 15) is 0 Å². The molecule has 3 atom stereocenters. The Morgan fingerprint density at radius 2 is 2.22 bits per heavy atom. The normalized spacial score (nSPS) is 49.7. The topological polar surface area (TPSA) is 16.6 Å². The van der Waals surface area contributed by atoms with Gasteiger partial charge in [0.1, 0.15) is 0 Å². The third-order valence-electron chi connectivity index (χ3n) is 2.93. The molecule has 1 heteroatoms. The van der Waals surface area contributed by atoms with Crippen molar-refractivity contribution in [3.05, 3.63) is 0 Å². The summed E-state index contributed by atoms with van der Waals surface area (Å²) in [5, 5.41) is 2.55. The van der Waals surface area contributed by atoms with Crippen LogP contribution in [-0.4, -0.2) is 12.6 Å². The molecule has 0 radical (unpaired) electrons. The maximum absolute atomic E-state index is 2.55. The van der Waals surface area contributed by atoms with Crippen LogP contribution in [0, 0.1) is 11.8 Å². The van der Waals surface area contributed by atoms with Gasteiger partial charge in [-0.3, -0.25) is 0 Å². The van der Waals surface area contributed by atoms with E-state index in [1.165, 1.54) is 25.8 Å². The van der Waals surface area contributed by atoms with Gasteiger partial charge in [-0.15, -0.1) is 0 Å². The van der Waals surface area contributed by atoms with E-state index >= 15 is 0 Å². The first kappa shape index (κ1) is 5.72. The average molecular weight is 126 g/mol. The third kappa shape index (κ3) is 0.983. The number of hydrogen-bond acceptors (Lipinski definition) is 0. The minimum Gasteiger partial charge on any atom is -0.344 e. The first-order chi connectivity index (χ1) is 4.38. The second kappa shape index (κ2) is 1.98. The Morgan fingerprint density at radius 1 is 1.44 bits per heavy atom. The molecule has 3 unspecified atom stereocenters. The zero-order valence-electron chi connectivity index (χ0n) is 6.14. The summed E-state index contributed by atoms with van der Waals surface area (Å²) in [7, 11) is 0. The largest absolute Gasteiger partial charge is 0.344 e. The van der Waals surface area contributed by atoms with Gasteiger partial charge in [-0.05, 0) is 12.3 Å². The molecule has 1 aliphatic carbocycles. The maximum atomic E-state index is 2.55. The summed E-state index contributed by atoms with van der Waals surface area (Å²) >= 11 is 0. The summed E-state index contributed by atoms with van der Waals surface area (Å²) in [6.07, 6.45) is 4.48. The van der Waals surface area contributed by atoms with Gasteiger partial charge in [0.05, 0.1) is 12.6 Å². The first-order valence-electron chi connectivity index (χ1n) is 4.21. The Labute approximate surface area is 56.8 Å². The predicted octanol–water partition coefficient (Wildman–Crippen LogP) is 0.368. The molecule has 0 bridgehead atoms. The Balaban J connectivity index is 1.85. The van der Waals surface area contributed by atoms with Crippen LogP contribution in [-0.2, 0) is 0 Å². The van der Waals surface area contributed by atoms with Crippen LogP contribution in [0.3, 0.4) is 0 Å². The fourth-order valence-electron chi connectivity index (χ4n) is 2.14. The van der Waals surface area contributed by atoms with Gasteiger partial charge in [0.2, 0.25) is 0 Å². The highest BCUT2D eigenvalue weighted by Gasteiger charge is 2.42. The summed E-state index contributed by atoms with van der Waals surface area (Å²) in [4.78, 5) is 0. The van der Waals surface area contributed by atoms with Crippen molar-refractivity contribution < 1.29 is 5.32 Å². The second-order valence-corrected chi connectivity index (χ2v) is 3.71. The second-order valence-electron chi connectivity index (χ2n) is 3.71. The molecular weight excluding hydrogens is 110 g/mol. The lowest BCUT2D eigenvalue weighted by Gasteiger charge is -2.02. The average Bonchev–Trinajstić information content (AvgIpc) is 2.44. The van der Waals surface area contributed by atoms with Crippen molar-refractivity contribution in [3.8, 4) is 0 Å². The van der Waals surface area contributed by atoms with Gasteiger partial charge in [0, 0.05) is 18.8 Å². The number of nitrogens with two attached hydrogens (primary N) is 1. The molecule has 2 fully saturated rings. The van der Waals surface area contributed by atoms with Crippen molar-refractivity contribution in [1.82, 2.24) is 0 Å². The van der Waals surface area contributed by atoms with E-state index in [0.29, 0.717) is 0 Å². The highest BCUT2D eigenvalue weighted by molar-refractivity contribution is 4.88. The molecule has 2 N–H and O–H groups in total. The maximum Gasteiger partial charge on any atom is 0.0892 e. The predicted molar refractivity (Wildman–Crippen MR) is 37.1 cm³/mol. The van der Waals surface area contributed by atoms with E-state index < -0.39 is 0 Å². The van der Waals surface area contributed by atoms with E-state index in [1.807, 2.05) is 0 Å². The molecule has 0 spiro atoms. The minimum absolute atomic E-state index is 1.03. The molecule has 1 aliphatic heterocycles. The van der Waals surface area contributed by atoms with Crippen molar-refractivity contribution in [1.29, 1.82) is 0 Å². The fraction of sp³-hybridized carbons (Fsp3) is 1.00. The quantitative estimate of drug-likeness (QED) is 0.522. The highest BCUT2D eigenvalue weighted by Crippen LogP contribution is 2.41. The van der Waals surface area contributed by atoms with Gasteiger partial charge in [0.15, 0.2) is 0 Å². The molecule has 0 amide bonds. The van der Waals surface area contributed by atoms with Gasteiger partial charge in [-0.1, -0.05) is 6.92 Å². The number of quaternary nitrogens is 1. The number of hydrogen-bond donors (Lipinski definition) is 1. The molecule has 52 valence electrons. The lowest BCUT2D eigenvalue weighted by Crippen LogP contribution is -2.87. The molecule has 2 aliphatic rings. The van der Waals surface area contributed by atoms with Crippen LogP contribution in [0.1, 0.15) is 26.2 Å². The van der Waals surface area contributed by atoms with Crippen LogP contribution >= 0.6 is 0 Å². The van der Waals surface area contributed by atoms with Crippen LogP contribution in [0.4, 0.5) is 0 Å². The lowest BCUT2D eigenvalue weighted by molar-refractivity contribution is -0.673. The third-order valence-corrected chi connectivity index (χ3v) is 2.93. The van der Waals surface area contributed by atoms with Crippen molar-refractivity contribution in [3.63, 3.8) is 0 Å². The van der Waals surface area contributed by atoms with Crippen LogP contribution in [0.2, 0.25) is 0 Å². The monoisotopic (exact) mass is 126 g/mol. The van der Waals surface area contributed by atoms with Crippen LogP contribution < -0.4 is 5.32 Å². The minimum atomic E-state index is 1.03. The summed E-state index contributed by atoms with van der Waals surface area (Å²) in [6, 6.07) is 1.03. The van der Waals surface area contributed by atoms with E-state index in [0.717, 1.165) is 17.9 Å². The van der Waals surface area contributed by atoms with Crippen molar-refractivity contribution >= 4 is 0 Å². The molecule has 0 aromatic rings. The Bertz CT molecular complexity index is 105. The van der Waals surface area contributed by atoms with Crippen LogP contribution in [0.25, 0.3) is 0 Å². The van der Waals surface area contributed by atoms with Crippen LogP contribution in [0.5, 0.6) is 0 Å². The molecule has 1 saturated heterocycles. The molecular formula is C8H16N+. The van der Waals surface area contributed by atoms with Crippen molar-refractivity contribution in [2.75, 3.05) is 6.54 Å². The lowest BCUT2D eigenvalue weighted by atomic mass is 10.1. The first-order valence-corrected chi connectivity index (χ1v) is 4.21. The van der Waals surface area contributed by atoms with E-state index in [-0.39, 0.29) is 0 Å². The van der Waals surface area contributed by atoms with Crippen molar-refractivity contribution in [2.45, 2.75) is 32.2 Å². The molecule has 0 aromatic heterocycles. The van der Waals surface area contributed by atoms with E-state index in [4.69, 9.17) is 0 Å². The van der Waals surface area contributed by atoms with Crippen LogP contribution in [0.15, 0.2) is 0 Å². The van der Waals surface area contributed by atoms with E-state index in [1.54, 1.807) is 0 Å². The molecule has 9 heavy (non-hydrogen) atoms. The Hall–Kier alpha value is -0.0400. The SMILES string of the molecule is CC1CC1C1CCC[NH2+]1. The zero-order chi connectivity index (χ0) is 6.27. The van der Waals surface area contributed by atoms with Gasteiger partial charge in [0.25, 0.3) is 0 Å². The summed E-state index contributed by atoms with van der Waals surface area (Å²) < 4.78 is 0. The molecule has 1 saturated carbocycles. The van der Waals surface area contributed by atoms with E-state index in [2.05, 4.69) is 12.2 Å². The molecule has 1 heterocycles. The summed E-state index contributed by atoms with van der Waals surface area (Å²) in [5.74, 6) is 2.16. The standard InChI is InChI=1S/C8H15N/c1-6-5-7(6)8-3-2-4-9-8/h6-9H,2-5H2,1H3/p+1. The summed E-state index contributed by atoms with van der Waals surface area (Å²) in [5.41, 5.74) is 0. The molecule has 1 nitrogen and oxygen atoms in total. The molecule has 0 aromatic carbocycles. The highest BCUT2D eigenvalue weighted by atomic mass is 15.0. The summed E-state index contributed by atoms with van der Waals surface area (Å²) in [6.45, 7) is 3.78. The van der Waals surface area contributed by atoms with Crippen molar-refractivity contribution in [2.24, 2.45) is 11.8 Å². The number of rotatable bonds is 1. The smallest absolute Gasteiger partial charge is 0.0892 e.